The predicted octanol–water partition coefficient (Wildman–Crippen LogP) is 7.34. The number of fused-ring (bicyclic) bond motifs is 2. The van der Waals surface area contributed by atoms with Crippen LogP contribution in [0.15, 0.2) is 79.0 Å². The number of benzene rings is 1. The summed E-state index contributed by atoms with van der Waals surface area (Å²) in [6.45, 7) is 12.4. The summed E-state index contributed by atoms with van der Waals surface area (Å²) in [4.78, 5) is 27.8. The number of rotatable bonds is 12. The molecule has 0 bridgehead atoms. The summed E-state index contributed by atoms with van der Waals surface area (Å²) in [6, 6.07) is 14.5. The number of hydrogen-bond donors (Lipinski definition) is 1. The second-order valence-electron chi connectivity index (χ2n) is 14.8. The molecule has 2 aliphatic rings. The van der Waals surface area contributed by atoms with Crippen molar-refractivity contribution in [2.75, 3.05) is 31.1 Å². The number of aromatic amines is 1. The predicted molar refractivity (Wildman–Crippen MR) is 195 cm³/mol. The van der Waals surface area contributed by atoms with E-state index in [4.69, 9.17) is 19.2 Å². The van der Waals surface area contributed by atoms with Gasteiger partial charge < -0.3 is 28.6 Å². The molecule has 0 unspecified atom stereocenters. The third-order valence-electron chi connectivity index (χ3n) is 9.51. The molecule has 1 saturated heterocycles. The summed E-state index contributed by atoms with van der Waals surface area (Å²) < 4.78 is 21.4. The molecule has 1 saturated carbocycles. The minimum absolute atomic E-state index is 0.0322. The van der Waals surface area contributed by atoms with Crippen LogP contribution in [0.25, 0.3) is 21.5 Å². The first kappa shape index (κ1) is 34.2. The van der Waals surface area contributed by atoms with Crippen molar-refractivity contribution >= 4 is 34.2 Å². The van der Waals surface area contributed by atoms with Crippen LogP contribution in [0.5, 0.6) is 0 Å². The fourth-order valence-corrected chi connectivity index (χ4v) is 8.14. The number of thiophene rings is 1. The average molecular weight is 698 g/mol. The van der Waals surface area contributed by atoms with Gasteiger partial charge in [-0.05, 0) is 70.9 Å². The Morgan fingerprint density at radius 1 is 1.08 bits per heavy atom. The zero-order valence-electron chi connectivity index (χ0n) is 29.5. The molecule has 11 nitrogen and oxygen atoms in total. The topological polar surface area (TPSA) is 111 Å². The molecule has 4 aromatic heterocycles. The number of amides is 1. The van der Waals surface area contributed by atoms with Gasteiger partial charge >= 0.3 is 6.09 Å². The van der Waals surface area contributed by atoms with Gasteiger partial charge in [0.05, 0.1) is 24.0 Å². The highest BCUT2D eigenvalue weighted by Gasteiger charge is 2.55. The van der Waals surface area contributed by atoms with E-state index in [9.17, 15) is 4.79 Å². The highest BCUT2D eigenvalue weighted by atomic mass is 32.1. The number of aromatic nitrogens is 5. The molecule has 5 aromatic rings. The van der Waals surface area contributed by atoms with Crippen molar-refractivity contribution in [3.63, 3.8) is 0 Å². The Hall–Kier alpha value is -4.26. The van der Waals surface area contributed by atoms with E-state index in [0.717, 1.165) is 54.6 Å². The van der Waals surface area contributed by atoms with Gasteiger partial charge in [0.15, 0.2) is 5.79 Å². The number of nitrogens with one attached hydrogen (secondary N) is 1. The Balaban J connectivity index is 1.10. The molecule has 5 heterocycles. The van der Waals surface area contributed by atoms with Crippen molar-refractivity contribution in [2.45, 2.75) is 83.5 Å². The van der Waals surface area contributed by atoms with Gasteiger partial charge in [-0.25, -0.2) is 14.8 Å². The number of ether oxygens (including phenoxy) is 3. The van der Waals surface area contributed by atoms with Crippen molar-refractivity contribution in [3.05, 3.63) is 84.5 Å². The fraction of sp³-hybridized carbons (Fsp3) is 0.474. The lowest BCUT2D eigenvalue weighted by molar-refractivity contribution is -0.159. The molecular formula is C38H47N7O4S. The Morgan fingerprint density at radius 2 is 1.90 bits per heavy atom. The van der Waals surface area contributed by atoms with Gasteiger partial charge in [0.2, 0.25) is 0 Å². The molecule has 1 aromatic carbocycles. The van der Waals surface area contributed by atoms with E-state index in [2.05, 4.69) is 60.5 Å². The van der Waals surface area contributed by atoms with Crippen LogP contribution in [0, 0.1) is 5.92 Å². The minimum Gasteiger partial charge on any atom is -0.444 e. The number of carbonyl (C=O) groups excluding carboxylic acids is 1. The van der Waals surface area contributed by atoms with Crippen LogP contribution in [0.3, 0.4) is 0 Å². The summed E-state index contributed by atoms with van der Waals surface area (Å²) in [6.07, 6.45) is 11.4. The Morgan fingerprint density at radius 3 is 2.64 bits per heavy atom. The lowest BCUT2D eigenvalue weighted by atomic mass is 10.0. The first-order valence-corrected chi connectivity index (χ1v) is 18.4. The van der Waals surface area contributed by atoms with Crippen LogP contribution in [-0.2, 0) is 20.6 Å². The smallest absolute Gasteiger partial charge is 0.410 e. The van der Waals surface area contributed by atoms with Gasteiger partial charge in [0, 0.05) is 66.5 Å². The van der Waals surface area contributed by atoms with Crippen LogP contribution in [0.1, 0.15) is 59.1 Å². The largest absolute Gasteiger partial charge is 0.444 e. The van der Waals surface area contributed by atoms with E-state index in [1.54, 1.807) is 17.7 Å². The Bertz CT molecular complexity index is 1850. The maximum Gasteiger partial charge on any atom is 0.410 e. The van der Waals surface area contributed by atoms with E-state index in [-0.39, 0.29) is 30.3 Å². The Labute approximate surface area is 297 Å². The standard InChI is InChI=1S/C38H47N7O4S/c1-37(2,3)49-36(46)43(17-14-26-11-7-6-8-12-26)15-10-16-44(28-20-41-42-21-28)23-27-19-31(34-33(27)47-38(4,5)48-34)45-24-30(32-13-9-18-50-32)29-22-39-25-40-35(29)45/h6-9,11-13,18,20-22,24-25,27,31,33-34H,10,14-17,19,23H2,1-5H3,(H,41,42)/t27-,31-,33-,34+/m1/s1. The molecule has 1 aliphatic carbocycles. The lowest BCUT2D eigenvalue weighted by Crippen LogP contribution is -2.40. The number of anilines is 1. The van der Waals surface area contributed by atoms with E-state index < -0.39 is 11.4 Å². The molecule has 7 rings (SSSR count). The normalized spacial score (nSPS) is 21.4. The fourth-order valence-electron chi connectivity index (χ4n) is 7.39. The number of H-pyrrole nitrogens is 1. The van der Waals surface area contributed by atoms with Crippen molar-refractivity contribution in [1.29, 1.82) is 0 Å². The molecule has 0 radical (unpaired) electrons. The van der Waals surface area contributed by atoms with Crippen molar-refractivity contribution in [1.82, 2.24) is 29.6 Å². The molecule has 4 atom stereocenters. The molecule has 2 fully saturated rings. The van der Waals surface area contributed by atoms with Crippen LogP contribution in [0.4, 0.5) is 10.5 Å². The van der Waals surface area contributed by atoms with Crippen molar-refractivity contribution < 1.29 is 19.0 Å². The maximum absolute atomic E-state index is 13.3. The van der Waals surface area contributed by atoms with Gasteiger partial charge in [0.1, 0.15) is 23.7 Å². The quantitative estimate of drug-likeness (QED) is 0.144. The highest BCUT2D eigenvalue weighted by molar-refractivity contribution is 7.13. The van der Waals surface area contributed by atoms with Crippen LogP contribution >= 0.6 is 11.3 Å². The van der Waals surface area contributed by atoms with Crippen LogP contribution in [-0.4, -0.2) is 85.5 Å². The van der Waals surface area contributed by atoms with Crippen LogP contribution < -0.4 is 4.90 Å². The second-order valence-corrected chi connectivity index (χ2v) is 15.7. The van der Waals surface area contributed by atoms with Gasteiger partial charge in [-0.2, -0.15) is 5.10 Å². The lowest BCUT2D eigenvalue weighted by Gasteiger charge is -2.31. The highest BCUT2D eigenvalue weighted by Crippen LogP contribution is 2.49. The third-order valence-corrected chi connectivity index (χ3v) is 10.4. The zero-order chi connectivity index (χ0) is 34.9. The molecular weight excluding hydrogens is 651 g/mol. The zero-order valence-corrected chi connectivity index (χ0v) is 30.3. The molecule has 50 heavy (non-hydrogen) atoms. The molecule has 264 valence electrons. The number of hydrogen-bond acceptors (Lipinski definition) is 9. The summed E-state index contributed by atoms with van der Waals surface area (Å²) in [5.41, 5.74) is 3.67. The Kier molecular flexibility index (Phi) is 9.69. The van der Waals surface area contributed by atoms with Gasteiger partial charge in [0.25, 0.3) is 0 Å². The molecule has 1 aliphatic heterocycles. The first-order chi connectivity index (χ1) is 24.0. The molecule has 1 N–H and O–H groups in total. The average Bonchev–Trinajstić information content (AvgIpc) is 3.91. The summed E-state index contributed by atoms with van der Waals surface area (Å²) in [7, 11) is 0. The van der Waals surface area contributed by atoms with Gasteiger partial charge in [-0.15, -0.1) is 11.3 Å². The molecule has 1 amide bonds. The summed E-state index contributed by atoms with van der Waals surface area (Å²) in [5, 5.41) is 10.4. The number of nitrogens with zero attached hydrogens (tertiary/aromatic N) is 6. The SMILES string of the molecule is CC(C)(C)OC(=O)N(CCCN(C[C@H]1C[C@@H](n2cc(-c3cccs3)c3cncnc32)[C@@H]2OC(C)(C)O[C@H]12)c1cn[nH]c1)CCc1ccccc1. The van der Waals surface area contributed by atoms with Gasteiger partial charge in [-0.3, -0.25) is 5.10 Å². The molecule has 12 heteroatoms. The first-order valence-electron chi connectivity index (χ1n) is 17.5. The molecule has 0 spiro atoms. The van der Waals surface area contributed by atoms with Gasteiger partial charge in [-0.1, -0.05) is 36.4 Å². The van der Waals surface area contributed by atoms with Crippen LogP contribution in [0.2, 0.25) is 0 Å². The summed E-state index contributed by atoms with van der Waals surface area (Å²) >= 11 is 1.72. The van der Waals surface area contributed by atoms with Crippen molar-refractivity contribution in [3.8, 4) is 10.4 Å². The summed E-state index contributed by atoms with van der Waals surface area (Å²) in [5.74, 6) is -0.528. The van der Waals surface area contributed by atoms with Crippen molar-refractivity contribution in [2.24, 2.45) is 5.92 Å². The van der Waals surface area contributed by atoms with E-state index >= 15 is 0 Å². The maximum atomic E-state index is 13.3. The van der Waals surface area contributed by atoms with E-state index in [1.165, 1.54) is 10.4 Å². The monoisotopic (exact) mass is 697 g/mol. The number of carbonyl (C=O) groups is 1. The minimum atomic E-state index is -0.700. The second kappa shape index (κ2) is 14.2. The third kappa shape index (κ3) is 7.57. The van der Waals surface area contributed by atoms with E-state index in [0.29, 0.717) is 13.1 Å². The van der Waals surface area contributed by atoms with E-state index in [1.807, 2.05) is 76.3 Å².